The molecule has 0 saturated heterocycles. The van der Waals surface area contributed by atoms with Crippen LogP contribution in [-0.4, -0.2) is 38.7 Å². The molecule has 188 valence electrons. The molecule has 3 N–H and O–H groups in total. The predicted octanol–water partition coefficient (Wildman–Crippen LogP) is 5.09. The number of hydrogen-bond acceptors (Lipinski definition) is 5. The van der Waals surface area contributed by atoms with Gasteiger partial charge in [-0.2, -0.15) is 5.10 Å². The zero-order chi connectivity index (χ0) is 26.1. The maximum absolute atomic E-state index is 13.2. The number of fused-ring (bicyclic) bond motifs is 1. The number of likely N-dealkylation sites (N-methyl/N-ethyl adjacent to an activating group) is 1. The summed E-state index contributed by atoms with van der Waals surface area (Å²) in [5.41, 5.74) is 8.20. The third-order valence-electron chi connectivity index (χ3n) is 5.77. The van der Waals surface area contributed by atoms with Gasteiger partial charge >= 0.3 is 0 Å². The van der Waals surface area contributed by atoms with Gasteiger partial charge < -0.3 is 15.6 Å². The molecule has 0 aliphatic rings. The van der Waals surface area contributed by atoms with Gasteiger partial charge in [-0.3, -0.25) is 9.59 Å². The molecule has 0 aliphatic heterocycles. The highest BCUT2D eigenvalue weighted by Crippen LogP contribution is 2.34. The minimum Gasteiger partial charge on any atom is -0.322 e. The van der Waals surface area contributed by atoms with Crippen molar-refractivity contribution in [2.75, 3.05) is 18.0 Å². The average Bonchev–Trinajstić information content (AvgIpc) is 3.20. The van der Waals surface area contributed by atoms with E-state index in [2.05, 4.69) is 10.1 Å². The predicted molar refractivity (Wildman–Crippen MR) is 145 cm³/mol. The molecule has 2 aromatic carbocycles. The molecule has 8 nitrogen and oxygen atoms in total. The highest BCUT2D eigenvalue weighted by atomic mass is 35.5. The maximum Gasteiger partial charge on any atom is 0.262 e. The lowest BCUT2D eigenvalue weighted by molar-refractivity contribution is -0.117. The van der Waals surface area contributed by atoms with Crippen molar-refractivity contribution < 1.29 is 4.79 Å². The number of aromatic nitrogens is 4. The van der Waals surface area contributed by atoms with Crippen molar-refractivity contribution in [1.29, 1.82) is 0 Å². The first-order chi connectivity index (χ1) is 17.1. The summed E-state index contributed by atoms with van der Waals surface area (Å²) in [6.45, 7) is 6.23. The number of amides is 1. The highest BCUT2D eigenvalue weighted by Gasteiger charge is 2.23. The average molecular weight is 548 g/mol. The smallest absolute Gasteiger partial charge is 0.262 e. The van der Waals surface area contributed by atoms with E-state index < -0.39 is 0 Å². The molecule has 0 fully saturated rings. The Kier molecular flexibility index (Phi) is 7.70. The molecule has 0 saturated carbocycles. The Hall–Kier alpha value is -2.91. The number of carbonyl (C=O) groups excluding carboxylic acids is 1. The van der Waals surface area contributed by atoms with E-state index in [9.17, 15) is 9.59 Å². The van der Waals surface area contributed by atoms with E-state index in [0.29, 0.717) is 56.3 Å². The molecule has 0 atom stereocenters. The summed E-state index contributed by atoms with van der Waals surface area (Å²) in [5.74, 6) is 0.247. The van der Waals surface area contributed by atoms with Crippen molar-refractivity contribution >= 4 is 57.4 Å². The molecule has 2 aromatic heterocycles. The number of rotatable bonds is 7. The van der Waals surface area contributed by atoms with Crippen LogP contribution in [0.25, 0.3) is 16.7 Å². The second-order valence-corrected chi connectivity index (χ2v) is 9.82. The van der Waals surface area contributed by atoms with Gasteiger partial charge in [0.2, 0.25) is 5.91 Å². The number of nitrogens with zero attached hydrogens (tertiary/aromatic N) is 4. The van der Waals surface area contributed by atoms with E-state index in [1.54, 1.807) is 17.0 Å². The van der Waals surface area contributed by atoms with Crippen molar-refractivity contribution in [2.45, 2.75) is 33.1 Å². The van der Waals surface area contributed by atoms with Gasteiger partial charge in [-0.15, -0.1) is 0 Å². The second kappa shape index (κ2) is 10.6. The van der Waals surface area contributed by atoms with Gasteiger partial charge in [-0.1, -0.05) is 60.8 Å². The van der Waals surface area contributed by atoms with Crippen molar-refractivity contribution in [3.8, 4) is 5.69 Å². The van der Waals surface area contributed by atoms with Crippen LogP contribution in [0, 0.1) is 0 Å². The van der Waals surface area contributed by atoms with E-state index in [4.69, 9.17) is 45.5 Å². The van der Waals surface area contributed by atoms with Crippen LogP contribution < -0.4 is 16.2 Å². The Balaban J connectivity index is 1.79. The van der Waals surface area contributed by atoms with E-state index in [1.165, 1.54) is 4.68 Å². The van der Waals surface area contributed by atoms with E-state index in [0.717, 1.165) is 11.3 Å². The van der Waals surface area contributed by atoms with E-state index >= 15 is 0 Å². The summed E-state index contributed by atoms with van der Waals surface area (Å²) in [5, 5.41) is 6.01. The number of nitrogens with one attached hydrogen (secondary N) is 1. The van der Waals surface area contributed by atoms with Crippen LogP contribution in [0.4, 0.5) is 5.69 Å². The molecule has 0 unspecified atom stereocenters. The first-order valence-corrected chi connectivity index (χ1v) is 12.5. The Labute approximate surface area is 223 Å². The fraction of sp³-hybridized carbons (Fsp3) is 0.280. The Morgan fingerprint density at radius 1 is 1.14 bits per heavy atom. The van der Waals surface area contributed by atoms with Gasteiger partial charge in [-0.05, 0) is 42.7 Å². The van der Waals surface area contributed by atoms with Crippen LogP contribution >= 0.6 is 34.8 Å². The standard InChI is InChI=1S/C25H25Cl3N6O2/c1-4-33(20(35)12-29)16-7-5-14(6-8-16)9-19-30-24-21(25(36)31-19)22(13(2)3)32-34(24)23-17(27)10-15(26)11-18(23)28/h5-8,10-11,13H,4,9,12,29H2,1-3H3,(H,30,31,36). The van der Waals surface area contributed by atoms with E-state index in [-0.39, 0.29) is 23.9 Å². The van der Waals surface area contributed by atoms with Gasteiger partial charge in [-0.25, -0.2) is 9.67 Å². The normalized spacial score (nSPS) is 11.4. The summed E-state index contributed by atoms with van der Waals surface area (Å²) >= 11 is 19.0. The molecule has 0 spiro atoms. The first-order valence-electron chi connectivity index (χ1n) is 11.4. The van der Waals surface area contributed by atoms with Gasteiger partial charge in [0, 0.05) is 23.7 Å². The zero-order valence-corrected chi connectivity index (χ0v) is 22.2. The number of nitrogens with two attached hydrogens (primary N) is 1. The third-order valence-corrected chi connectivity index (χ3v) is 6.56. The lowest BCUT2D eigenvalue weighted by Crippen LogP contribution is -2.35. The molecular weight excluding hydrogens is 523 g/mol. The zero-order valence-electron chi connectivity index (χ0n) is 20.0. The number of halogens is 3. The molecule has 11 heteroatoms. The minimum atomic E-state index is -0.298. The van der Waals surface area contributed by atoms with Crippen LogP contribution in [0.5, 0.6) is 0 Å². The Morgan fingerprint density at radius 3 is 2.33 bits per heavy atom. The number of hydrogen-bond donors (Lipinski definition) is 2. The largest absolute Gasteiger partial charge is 0.322 e. The van der Waals surface area contributed by atoms with Gasteiger partial charge in [0.1, 0.15) is 16.9 Å². The Bertz CT molecular complexity index is 1470. The lowest BCUT2D eigenvalue weighted by atomic mass is 10.1. The molecule has 0 bridgehead atoms. The quantitative estimate of drug-likeness (QED) is 0.335. The lowest BCUT2D eigenvalue weighted by Gasteiger charge is -2.20. The summed E-state index contributed by atoms with van der Waals surface area (Å²) < 4.78 is 1.51. The van der Waals surface area contributed by atoms with Crippen molar-refractivity contribution in [3.63, 3.8) is 0 Å². The van der Waals surface area contributed by atoms with Gasteiger partial charge in [0.25, 0.3) is 5.56 Å². The third kappa shape index (κ3) is 4.99. The maximum atomic E-state index is 13.2. The van der Waals surface area contributed by atoms with Crippen LogP contribution in [0.15, 0.2) is 41.2 Å². The van der Waals surface area contributed by atoms with Crippen LogP contribution in [0.1, 0.15) is 43.8 Å². The number of H-pyrrole nitrogens is 1. The van der Waals surface area contributed by atoms with Crippen LogP contribution in [0.2, 0.25) is 15.1 Å². The summed E-state index contributed by atoms with van der Waals surface area (Å²) in [6.07, 6.45) is 0.354. The van der Waals surface area contributed by atoms with Gasteiger partial charge in [0.15, 0.2) is 5.65 Å². The van der Waals surface area contributed by atoms with Gasteiger partial charge in [0.05, 0.1) is 22.3 Å². The monoisotopic (exact) mass is 546 g/mol. The topological polar surface area (TPSA) is 110 Å². The van der Waals surface area contributed by atoms with Crippen molar-refractivity contribution in [2.24, 2.45) is 5.73 Å². The fourth-order valence-electron chi connectivity index (χ4n) is 4.08. The highest BCUT2D eigenvalue weighted by molar-refractivity contribution is 6.40. The fourth-order valence-corrected chi connectivity index (χ4v) is 5.05. The molecule has 4 aromatic rings. The molecule has 4 rings (SSSR count). The molecule has 1 amide bonds. The molecular formula is C25H25Cl3N6O2. The van der Waals surface area contributed by atoms with Crippen LogP contribution in [-0.2, 0) is 11.2 Å². The number of aromatic amines is 1. The van der Waals surface area contributed by atoms with Crippen molar-refractivity contribution in [1.82, 2.24) is 19.7 Å². The first kappa shape index (κ1) is 26.2. The van der Waals surface area contributed by atoms with Crippen LogP contribution in [0.3, 0.4) is 0 Å². The number of anilines is 1. The summed E-state index contributed by atoms with van der Waals surface area (Å²) in [6, 6.07) is 10.6. The van der Waals surface area contributed by atoms with Crippen molar-refractivity contribution in [3.05, 3.63) is 78.9 Å². The molecule has 2 heterocycles. The molecule has 36 heavy (non-hydrogen) atoms. The number of carbonyl (C=O) groups is 1. The second-order valence-electron chi connectivity index (χ2n) is 8.57. The molecule has 0 radical (unpaired) electrons. The Morgan fingerprint density at radius 2 is 1.78 bits per heavy atom. The number of benzene rings is 2. The summed E-state index contributed by atoms with van der Waals surface area (Å²) in [7, 11) is 0. The SMILES string of the molecule is CCN(C(=O)CN)c1ccc(Cc2nc3c(c(C(C)C)nn3-c3c(Cl)cc(Cl)cc3Cl)c(=O)[nH]2)cc1. The van der Waals surface area contributed by atoms with E-state index in [1.807, 2.05) is 45.0 Å². The molecule has 0 aliphatic carbocycles. The summed E-state index contributed by atoms with van der Waals surface area (Å²) in [4.78, 5) is 34.5. The minimum absolute atomic E-state index is 0.0439.